The van der Waals surface area contributed by atoms with Crippen LogP contribution in [0.4, 0.5) is 0 Å². The van der Waals surface area contributed by atoms with Crippen LogP contribution in [0.15, 0.2) is 23.5 Å². The molecule has 0 aliphatic rings. The Morgan fingerprint density at radius 3 is 2.67 bits per heavy atom. The van der Waals surface area contributed by atoms with E-state index in [-0.39, 0.29) is 24.0 Å². The highest BCUT2D eigenvalue weighted by Crippen LogP contribution is 1.97. The lowest BCUT2D eigenvalue weighted by Gasteiger charge is -2.20. The van der Waals surface area contributed by atoms with Gasteiger partial charge in [-0.1, -0.05) is 0 Å². The van der Waals surface area contributed by atoms with Crippen molar-refractivity contribution < 1.29 is 0 Å². The van der Waals surface area contributed by atoms with E-state index in [9.17, 15) is 0 Å². The Bertz CT molecular complexity index is 419. The number of aromatic nitrogens is 2. The van der Waals surface area contributed by atoms with E-state index in [0.717, 1.165) is 51.5 Å². The first-order valence-corrected chi connectivity index (χ1v) is 8.83. The average molecular weight is 450 g/mol. The van der Waals surface area contributed by atoms with Crippen molar-refractivity contribution in [1.29, 1.82) is 0 Å². The molecule has 0 radical (unpaired) electrons. The second-order valence-corrected chi connectivity index (χ2v) is 6.09. The molecule has 1 rings (SSSR count). The van der Waals surface area contributed by atoms with Crippen LogP contribution in [0.3, 0.4) is 0 Å². The summed E-state index contributed by atoms with van der Waals surface area (Å²) in [6.07, 6.45) is 7.17. The fourth-order valence-corrected chi connectivity index (χ4v) is 2.15. The topological polar surface area (TPSA) is 57.5 Å². The van der Waals surface area contributed by atoms with Gasteiger partial charge in [0.1, 0.15) is 0 Å². The van der Waals surface area contributed by atoms with Crippen LogP contribution in [0.5, 0.6) is 0 Å². The maximum absolute atomic E-state index is 4.62. The number of aliphatic imine (C=N–C) groups is 1. The first-order chi connectivity index (χ1) is 11.1. The van der Waals surface area contributed by atoms with Crippen molar-refractivity contribution in [2.75, 3.05) is 33.2 Å². The molecule has 1 heterocycles. The molecule has 1 aromatic rings. The van der Waals surface area contributed by atoms with Gasteiger partial charge in [0.05, 0.1) is 0 Å². The number of aryl methyl sites for hydroxylation is 1. The molecule has 0 amide bonds. The van der Waals surface area contributed by atoms with E-state index >= 15 is 0 Å². The fourth-order valence-electron chi connectivity index (χ4n) is 2.15. The third kappa shape index (κ3) is 10.9. The largest absolute Gasteiger partial charge is 0.357 e. The molecule has 0 saturated carbocycles. The van der Waals surface area contributed by atoms with E-state index in [1.807, 2.05) is 23.1 Å². The smallest absolute Gasteiger partial charge is 0.191 e. The van der Waals surface area contributed by atoms with Gasteiger partial charge in [-0.25, -0.2) is 0 Å². The van der Waals surface area contributed by atoms with Gasteiger partial charge in [0.25, 0.3) is 0 Å². The highest BCUT2D eigenvalue weighted by Gasteiger charge is 2.02. The molecule has 24 heavy (non-hydrogen) atoms. The van der Waals surface area contributed by atoms with Crippen LogP contribution in [0.2, 0.25) is 0 Å². The number of nitrogens with zero attached hydrogens (tertiary/aromatic N) is 4. The highest BCUT2D eigenvalue weighted by molar-refractivity contribution is 14.0. The second kappa shape index (κ2) is 14.5. The van der Waals surface area contributed by atoms with Gasteiger partial charge in [0.15, 0.2) is 5.96 Å². The molecule has 7 heteroatoms. The Morgan fingerprint density at radius 2 is 2.04 bits per heavy atom. The molecular formula is C17H35IN6. The summed E-state index contributed by atoms with van der Waals surface area (Å²) in [4.78, 5) is 7.00. The molecule has 0 bridgehead atoms. The number of hydrogen-bond donors (Lipinski definition) is 2. The summed E-state index contributed by atoms with van der Waals surface area (Å²) in [5.74, 6) is 0.921. The summed E-state index contributed by atoms with van der Waals surface area (Å²) in [6.45, 7) is 11.3. The third-order valence-corrected chi connectivity index (χ3v) is 3.83. The van der Waals surface area contributed by atoms with Crippen LogP contribution in [0, 0.1) is 0 Å². The Kier molecular flexibility index (Phi) is 14.0. The molecule has 6 nitrogen and oxygen atoms in total. The Morgan fingerprint density at radius 1 is 1.25 bits per heavy atom. The molecule has 0 atom stereocenters. The average Bonchev–Trinajstić information content (AvgIpc) is 3.04. The minimum absolute atomic E-state index is 0. The van der Waals surface area contributed by atoms with Gasteiger partial charge in [-0.05, 0) is 59.7 Å². The molecule has 0 aromatic carbocycles. The van der Waals surface area contributed by atoms with Crippen molar-refractivity contribution in [3.8, 4) is 0 Å². The van der Waals surface area contributed by atoms with E-state index in [1.165, 1.54) is 6.42 Å². The summed E-state index contributed by atoms with van der Waals surface area (Å²) >= 11 is 0. The Labute approximate surface area is 164 Å². The molecule has 0 unspecified atom stereocenters. The lowest BCUT2D eigenvalue weighted by molar-refractivity contribution is 0.268. The fraction of sp³-hybridized carbons (Fsp3) is 0.765. The summed E-state index contributed by atoms with van der Waals surface area (Å²) in [5.41, 5.74) is 0. The molecule has 0 spiro atoms. The maximum Gasteiger partial charge on any atom is 0.191 e. The molecule has 2 N–H and O–H groups in total. The number of unbranched alkanes of at least 4 members (excludes halogenated alkanes) is 1. The normalized spacial score (nSPS) is 11.7. The SMILES string of the molecule is CCNC(=NCCCn1cccn1)NCCCCN(C)C(C)C.I. The predicted molar refractivity (Wildman–Crippen MR) is 113 cm³/mol. The highest BCUT2D eigenvalue weighted by atomic mass is 127. The lowest BCUT2D eigenvalue weighted by Crippen LogP contribution is -2.38. The molecule has 1 aromatic heterocycles. The number of guanidine groups is 1. The van der Waals surface area contributed by atoms with Gasteiger partial charge in [-0.15, -0.1) is 24.0 Å². The summed E-state index contributed by atoms with van der Waals surface area (Å²) in [7, 11) is 2.18. The lowest BCUT2D eigenvalue weighted by atomic mass is 10.2. The van der Waals surface area contributed by atoms with E-state index < -0.39 is 0 Å². The van der Waals surface area contributed by atoms with Crippen molar-refractivity contribution in [3.05, 3.63) is 18.5 Å². The predicted octanol–water partition coefficient (Wildman–Crippen LogP) is 2.57. The van der Waals surface area contributed by atoms with E-state index in [0.29, 0.717) is 6.04 Å². The Balaban J connectivity index is 0.00000529. The molecular weight excluding hydrogens is 415 g/mol. The molecule has 0 fully saturated rings. The van der Waals surface area contributed by atoms with Gasteiger partial charge < -0.3 is 15.5 Å². The molecule has 0 saturated heterocycles. The zero-order valence-electron chi connectivity index (χ0n) is 15.7. The minimum atomic E-state index is 0. The minimum Gasteiger partial charge on any atom is -0.357 e. The molecule has 0 aliphatic carbocycles. The maximum atomic E-state index is 4.62. The van der Waals surface area contributed by atoms with E-state index in [2.05, 4.69) is 53.4 Å². The quantitative estimate of drug-likeness (QED) is 0.236. The zero-order chi connectivity index (χ0) is 16.9. The third-order valence-electron chi connectivity index (χ3n) is 3.83. The number of hydrogen-bond acceptors (Lipinski definition) is 3. The van der Waals surface area contributed by atoms with Crippen molar-refractivity contribution in [1.82, 2.24) is 25.3 Å². The second-order valence-electron chi connectivity index (χ2n) is 6.09. The monoisotopic (exact) mass is 450 g/mol. The van der Waals surface area contributed by atoms with Crippen LogP contribution >= 0.6 is 24.0 Å². The Hall–Kier alpha value is -0.830. The molecule has 0 aliphatic heterocycles. The van der Waals surface area contributed by atoms with Crippen LogP contribution in [-0.2, 0) is 6.54 Å². The standard InChI is InChI=1S/C17H34N6.HI/c1-5-18-17(19-10-6-7-13-22(4)16(2)3)20-11-8-14-23-15-9-12-21-23;/h9,12,15-16H,5-8,10-11,13-14H2,1-4H3,(H2,18,19,20);1H. The summed E-state index contributed by atoms with van der Waals surface area (Å²) < 4.78 is 1.95. The van der Waals surface area contributed by atoms with Crippen molar-refractivity contribution in [2.45, 2.75) is 52.6 Å². The van der Waals surface area contributed by atoms with E-state index in [1.54, 1.807) is 0 Å². The first kappa shape index (κ1) is 23.2. The summed E-state index contributed by atoms with van der Waals surface area (Å²) in [6, 6.07) is 2.57. The van der Waals surface area contributed by atoms with Crippen LogP contribution in [0.25, 0.3) is 0 Å². The number of halogens is 1. The van der Waals surface area contributed by atoms with Crippen LogP contribution in [-0.4, -0.2) is 59.9 Å². The van der Waals surface area contributed by atoms with Crippen molar-refractivity contribution in [3.63, 3.8) is 0 Å². The van der Waals surface area contributed by atoms with Gasteiger partial charge in [-0.3, -0.25) is 9.67 Å². The van der Waals surface area contributed by atoms with Gasteiger partial charge >= 0.3 is 0 Å². The first-order valence-electron chi connectivity index (χ1n) is 8.83. The van der Waals surface area contributed by atoms with Crippen LogP contribution in [0.1, 0.15) is 40.0 Å². The summed E-state index contributed by atoms with van der Waals surface area (Å²) in [5, 5.41) is 10.9. The molecule has 140 valence electrons. The van der Waals surface area contributed by atoms with Crippen molar-refractivity contribution in [2.24, 2.45) is 4.99 Å². The zero-order valence-corrected chi connectivity index (χ0v) is 18.0. The van der Waals surface area contributed by atoms with E-state index in [4.69, 9.17) is 0 Å². The number of nitrogens with one attached hydrogen (secondary N) is 2. The van der Waals surface area contributed by atoms with Gasteiger partial charge in [-0.2, -0.15) is 5.10 Å². The van der Waals surface area contributed by atoms with Crippen molar-refractivity contribution >= 4 is 29.9 Å². The van der Waals surface area contributed by atoms with Crippen LogP contribution < -0.4 is 10.6 Å². The number of rotatable bonds is 11. The van der Waals surface area contributed by atoms with Gasteiger partial charge in [0, 0.05) is 44.6 Å². The van der Waals surface area contributed by atoms with Gasteiger partial charge in [0.2, 0.25) is 0 Å².